The van der Waals surface area contributed by atoms with E-state index in [2.05, 4.69) is 34.6 Å². The molecule has 11 heavy (non-hydrogen) atoms. The summed E-state index contributed by atoms with van der Waals surface area (Å²) in [6.07, 6.45) is 0. The first kappa shape index (κ1) is 11.2. The normalized spacial score (nSPS) is 15.9. The molecule has 0 radical (unpaired) electrons. The maximum absolute atomic E-state index is 2.41. The molecular formula is C10H25Si-. The van der Waals surface area contributed by atoms with E-state index in [1.54, 1.807) is 0 Å². The average molecular weight is 173 g/mol. The van der Waals surface area contributed by atoms with Crippen LogP contribution in [-0.2, 0) is 0 Å². The van der Waals surface area contributed by atoms with Gasteiger partial charge in [0.15, 0.2) is 0 Å². The summed E-state index contributed by atoms with van der Waals surface area (Å²) in [5, 5.41) is 0. The SMILES string of the molecule is CC[Si-](CC)(CC)(CC)CC. The Bertz CT molecular complexity index is 77.2. The van der Waals surface area contributed by atoms with Gasteiger partial charge in [-0.2, -0.15) is 0 Å². The summed E-state index contributed by atoms with van der Waals surface area (Å²) in [7, 11) is -1.43. The van der Waals surface area contributed by atoms with Gasteiger partial charge in [0.05, 0.1) is 0 Å². The molecule has 1 heteroatoms. The summed E-state index contributed by atoms with van der Waals surface area (Å²) < 4.78 is 0. The fraction of sp³-hybridized carbons (Fsp3) is 1.00. The molecule has 0 aromatic rings. The summed E-state index contributed by atoms with van der Waals surface area (Å²) in [6.45, 7) is 12.1. The fourth-order valence-electron chi connectivity index (χ4n) is 2.50. The molecular weight excluding hydrogens is 148 g/mol. The van der Waals surface area contributed by atoms with Crippen LogP contribution in [0.1, 0.15) is 34.6 Å². The first-order valence-electron chi connectivity index (χ1n) is 5.30. The molecule has 0 heterocycles. The fourth-order valence-corrected chi connectivity index (χ4v) is 7.50. The van der Waals surface area contributed by atoms with Gasteiger partial charge in [-0.25, -0.2) is 0 Å². The van der Waals surface area contributed by atoms with E-state index in [0.717, 1.165) is 0 Å². The van der Waals surface area contributed by atoms with Crippen molar-refractivity contribution in [3.05, 3.63) is 0 Å². The Labute approximate surface area is 72.8 Å². The molecule has 0 spiro atoms. The van der Waals surface area contributed by atoms with Crippen LogP contribution in [0.4, 0.5) is 0 Å². The third-order valence-corrected chi connectivity index (χ3v) is 15.0. The van der Waals surface area contributed by atoms with Crippen LogP contribution in [0, 0.1) is 0 Å². The average Bonchev–Trinajstić information content (AvgIpc) is 2.12. The molecule has 0 rings (SSSR count). The predicted octanol–water partition coefficient (Wildman–Crippen LogP) is 4.49. The zero-order valence-corrected chi connectivity index (χ0v) is 10.0. The van der Waals surface area contributed by atoms with E-state index < -0.39 is 7.35 Å². The monoisotopic (exact) mass is 173 g/mol. The van der Waals surface area contributed by atoms with E-state index in [1.807, 2.05) is 0 Å². The van der Waals surface area contributed by atoms with Gasteiger partial charge in [-0.15, -0.1) is 0 Å². The third kappa shape index (κ3) is 1.69. The van der Waals surface area contributed by atoms with Crippen molar-refractivity contribution in [3.63, 3.8) is 0 Å². The van der Waals surface area contributed by atoms with Gasteiger partial charge in [0, 0.05) is 0 Å². The van der Waals surface area contributed by atoms with Crippen molar-refractivity contribution in [1.82, 2.24) is 0 Å². The molecule has 0 amide bonds. The van der Waals surface area contributed by atoms with Crippen LogP contribution in [0.2, 0.25) is 30.2 Å². The van der Waals surface area contributed by atoms with Crippen LogP contribution in [0.15, 0.2) is 0 Å². The third-order valence-electron chi connectivity index (χ3n) is 5.00. The zero-order chi connectivity index (χ0) is 8.98. The Hall–Kier alpha value is 0.217. The first-order valence-corrected chi connectivity index (χ1v) is 8.84. The molecule has 0 saturated carbocycles. The van der Waals surface area contributed by atoms with Gasteiger partial charge in [-0.05, 0) is 0 Å². The van der Waals surface area contributed by atoms with Crippen molar-refractivity contribution in [2.75, 3.05) is 0 Å². The molecule has 0 aliphatic carbocycles. The van der Waals surface area contributed by atoms with E-state index in [4.69, 9.17) is 0 Å². The van der Waals surface area contributed by atoms with Gasteiger partial charge < -0.3 is 0 Å². The molecule has 0 bridgehead atoms. The molecule has 0 fully saturated rings. The van der Waals surface area contributed by atoms with Crippen LogP contribution in [0.25, 0.3) is 0 Å². The van der Waals surface area contributed by atoms with E-state index in [1.165, 1.54) is 30.2 Å². The van der Waals surface area contributed by atoms with E-state index in [-0.39, 0.29) is 0 Å². The molecule has 0 aliphatic heterocycles. The quantitative estimate of drug-likeness (QED) is 0.537. The molecule has 0 aromatic carbocycles. The standard InChI is InChI=1S/C10H25Si/c1-6-11(7-2,8-3,9-4)10-5/h6-10H2,1-5H3/q-1. The number of hydrogen-bond acceptors (Lipinski definition) is 0. The first-order chi connectivity index (χ1) is 5.12. The Kier molecular flexibility index (Phi) is 3.82. The van der Waals surface area contributed by atoms with Crippen molar-refractivity contribution in [3.8, 4) is 0 Å². The summed E-state index contributed by atoms with van der Waals surface area (Å²) in [5.41, 5.74) is 0. The summed E-state index contributed by atoms with van der Waals surface area (Å²) >= 11 is 0. The molecule has 0 atom stereocenters. The molecule has 0 aliphatic rings. The van der Waals surface area contributed by atoms with Crippen molar-refractivity contribution < 1.29 is 0 Å². The molecule has 0 aromatic heterocycles. The number of hydrogen-bond donors (Lipinski definition) is 0. The Morgan fingerprint density at radius 2 is 0.727 bits per heavy atom. The van der Waals surface area contributed by atoms with Gasteiger partial charge in [0.25, 0.3) is 0 Å². The Balaban J connectivity index is 4.67. The van der Waals surface area contributed by atoms with Crippen LogP contribution in [-0.4, -0.2) is 7.35 Å². The second-order valence-corrected chi connectivity index (χ2v) is 12.8. The van der Waals surface area contributed by atoms with Crippen molar-refractivity contribution in [2.24, 2.45) is 0 Å². The Morgan fingerprint density at radius 1 is 0.545 bits per heavy atom. The van der Waals surface area contributed by atoms with E-state index >= 15 is 0 Å². The molecule has 0 saturated heterocycles. The summed E-state index contributed by atoms with van der Waals surface area (Å²) in [5.74, 6) is 0. The van der Waals surface area contributed by atoms with E-state index in [9.17, 15) is 0 Å². The second kappa shape index (κ2) is 3.75. The Morgan fingerprint density at radius 3 is 0.727 bits per heavy atom. The zero-order valence-electron chi connectivity index (χ0n) is 9.04. The minimum atomic E-state index is -1.43. The molecule has 70 valence electrons. The van der Waals surface area contributed by atoms with Gasteiger partial charge in [-0.3, -0.25) is 0 Å². The van der Waals surface area contributed by atoms with Crippen LogP contribution in [0.5, 0.6) is 0 Å². The second-order valence-electron chi connectivity index (χ2n) is 4.27. The molecule has 0 nitrogen and oxygen atoms in total. The summed E-state index contributed by atoms with van der Waals surface area (Å²) in [6, 6.07) is 7.43. The van der Waals surface area contributed by atoms with Crippen molar-refractivity contribution in [1.29, 1.82) is 0 Å². The van der Waals surface area contributed by atoms with Crippen LogP contribution in [0.3, 0.4) is 0 Å². The van der Waals surface area contributed by atoms with Crippen molar-refractivity contribution >= 4 is 7.35 Å². The summed E-state index contributed by atoms with van der Waals surface area (Å²) in [4.78, 5) is 0. The van der Waals surface area contributed by atoms with E-state index in [0.29, 0.717) is 0 Å². The maximum atomic E-state index is 2.41. The topological polar surface area (TPSA) is 0 Å². The van der Waals surface area contributed by atoms with Gasteiger partial charge in [0.1, 0.15) is 0 Å². The van der Waals surface area contributed by atoms with Gasteiger partial charge >= 0.3 is 72.2 Å². The predicted molar refractivity (Wildman–Crippen MR) is 58.2 cm³/mol. The van der Waals surface area contributed by atoms with Crippen molar-refractivity contribution in [2.45, 2.75) is 64.8 Å². The number of rotatable bonds is 5. The molecule has 0 N–H and O–H groups in total. The minimum absolute atomic E-state index is 1.43. The van der Waals surface area contributed by atoms with Gasteiger partial charge in [-0.1, -0.05) is 0 Å². The molecule has 0 unspecified atom stereocenters. The van der Waals surface area contributed by atoms with Crippen LogP contribution >= 0.6 is 0 Å². The van der Waals surface area contributed by atoms with Crippen LogP contribution < -0.4 is 0 Å². The van der Waals surface area contributed by atoms with Gasteiger partial charge in [0.2, 0.25) is 0 Å².